The number of nitrogens with one attached hydrogen (secondary N) is 1. The van der Waals surface area contributed by atoms with Crippen molar-refractivity contribution in [2.24, 2.45) is 0 Å². The van der Waals surface area contributed by atoms with Crippen molar-refractivity contribution < 1.29 is 19.6 Å². The summed E-state index contributed by atoms with van der Waals surface area (Å²) in [6.45, 7) is 0. The fourth-order valence-electron chi connectivity index (χ4n) is 3.47. The molecule has 0 aliphatic carbocycles. The summed E-state index contributed by atoms with van der Waals surface area (Å²) in [6, 6.07) is 13.1. The summed E-state index contributed by atoms with van der Waals surface area (Å²) in [5, 5.41) is 14.1. The highest BCUT2D eigenvalue weighted by molar-refractivity contribution is 5.86. The molecule has 2 atom stereocenters. The van der Waals surface area contributed by atoms with Crippen molar-refractivity contribution in [3.63, 3.8) is 0 Å². The molecule has 0 saturated heterocycles. The average molecular weight is 310 g/mol. The lowest BCUT2D eigenvalue weighted by Gasteiger charge is -2.29. The number of carbonyl (C=O) groups excluding carboxylic acids is 1. The van der Waals surface area contributed by atoms with Gasteiger partial charge >= 0.3 is 0 Å². The predicted molar refractivity (Wildman–Crippen MR) is 81.0 cm³/mol. The molecule has 0 spiro atoms. The van der Waals surface area contributed by atoms with Crippen LogP contribution in [0.1, 0.15) is 22.9 Å². The largest absolute Gasteiger partial charge is 0.544 e. The Hall–Kier alpha value is -2.66. The first kappa shape index (κ1) is 14.0. The second-order valence-corrected chi connectivity index (χ2v) is 5.88. The Morgan fingerprint density at radius 1 is 1.17 bits per heavy atom. The van der Waals surface area contributed by atoms with Crippen molar-refractivity contribution >= 4 is 16.9 Å². The number of fused-ring (bicyclic) bond motifs is 3. The number of hydrogen-bond donors (Lipinski definition) is 2. The molecule has 0 unspecified atom stereocenters. The summed E-state index contributed by atoms with van der Waals surface area (Å²) in [7, 11) is 0. The number of carboxylic acid groups (broad SMARTS) is 1. The SMILES string of the molecule is O=C([O-])[C@H]1Cc2c([nH]c3ccccc23)[C@H](c2ccccc2F)[NH2+]1. The Morgan fingerprint density at radius 3 is 2.70 bits per heavy atom. The molecule has 2 heterocycles. The molecule has 0 radical (unpaired) electrons. The van der Waals surface area contributed by atoms with Crippen molar-refractivity contribution in [1.29, 1.82) is 0 Å². The molecule has 0 fully saturated rings. The van der Waals surface area contributed by atoms with Crippen molar-refractivity contribution in [3.8, 4) is 0 Å². The van der Waals surface area contributed by atoms with Crippen LogP contribution in [0.25, 0.3) is 10.9 Å². The van der Waals surface area contributed by atoms with Crippen LogP contribution < -0.4 is 10.4 Å². The highest BCUT2D eigenvalue weighted by Crippen LogP contribution is 2.32. The zero-order chi connectivity index (χ0) is 16.0. The molecule has 23 heavy (non-hydrogen) atoms. The van der Waals surface area contributed by atoms with Crippen LogP contribution in [0.3, 0.4) is 0 Å². The maximum Gasteiger partial charge on any atom is 0.156 e. The minimum Gasteiger partial charge on any atom is -0.544 e. The molecule has 5 heteroatoms. The average Bonchev–Trinajstić information content (AvgIpc) is 2.93. The van der Waals surface area contributed by atoms with E-state index in [-0.39, 0.29) is 5.82 Å². The van der Waals surface area contributed by atoms with Crippen LogP contribution in [0.4, 0.5) is 4.39 Å². The quantitative estimate of drug-likeness (QED) is 0.729. The molecule has 1 aliphatic rings. The van der Waals surface area contributed by atoms with Gasteiger partial charge in [0.2, 0.25) is 0 Å². The van der Waals surface area contributed by atoms with Crippen LogP contribution in [-0.4, -0.2) is 17.0 Å². The number of rotatable bonds is 2. The van der Waals surface area contributed by atoms with Crippen LogP contribution in [0.2, 0.25) is 0 Å². The van der Waals surface area contributed by atoms with Gasteiger partial charge < -0.3 is 20.2 Å². The molecule has 0 amide bonds. The van der Waals surface area contributed by atoms with E-state index in [0.29, 0.717) is 12.0 Å². The van der Waals surface area contributed by atoms with Crippen molar-refractivity contribution in [3.05, 3.63) is 71.2 Å². The van der Waals surface area contributed by atoms with Gasteiger partial charge in [-0.2, -0.15) is 0 Å². The number of nitrogens with two attached hydrogens (primary N) is 1. The summed E-state index contributed by atoms with van der Waals surface area (Å²) in [6.07, 6.45) is 0.368. The van der Waals surface area contributed by atoms with Crippen LogP contribution in [0, 0.1) is 5.82 Å². The number of aromatic nitrogens is 1. The van der Waals surface area contributed by atoms with Gasteiger partial charge in [-0.3, -0.25) is 0 Å². The Labute approximate surface area is 132 Å². The van der Waals surface area contributed by atoms with Gasteiger partial charge in [0.15, 0.2) is 6.04 Å². The molecule has 2 aromatic carbocycles. The lowest BCUT2D eigenvalue weighted by atomic mass is 9.90. The van der Waals surface area contributed by atoms with Crippen molar-refractivity contribution in [1.82, 2.24) is 4.98 Å². The molecular weight excluding hydrogens is 295 g/mol. The number of quaternary nitrogens is 1. The standard InChI is InChI=1S/C18H15FN2O2/c19-13-7-3-1-6-11(13)16-17-12(9-15(21-16)18(22)23)10-5-2-4-8-14(10)20-17/h1-8,15-16,20-21H,9H2,(H,22,23)/t15-,16+/m1/s1. The smallest absolute Gasteiger partial charge is 0.156 e. The lowest BCUT2D eigenvalue weighted by molar-refractivity contribution is -0.717. The Kier molecular flexibility index (Phi) is 3.16. The monoisotopic (exact) mass is 310 g/mol. The molecule has 0 saturated carbocycles. The molecule has 1 aliphatic heterocycles. The first-order chi connectivity index (χ1) is 11.1. The highest BCUT2D eigenvalue weighted by atomic mass is 19.1. The number of para-hydroxylation sites is 1. The first-order valence-corrected chi connectivity index (χ1v) is 7.55. The number of halogens is 1. The molecule has 1 aromatic heterocycles. The van der Waals surface area contributed by atoms with Crippen LogP contribution in [-0.2, 0) is 11.2 Å². The molecule has 4 nitrogen and oxygen atoms in total. The van der Waals surface area contributed by atoms with E-state index >= 15 is 0 Å². The zero-order valence-electron chi connectivity index (χ0n) is 12.3. The highest BCUT2D eigenvalue weighted by Gasteiger charge is 2.35. The lowest BCUT2D eigenvalue weighted by Crippen LogP contribution is -2.95. The van der Waals surface area contributed by atoms with Gasteiger partial charge in [-0.15, -0.1) is 0 Å². The van der Waals surface area contributed by atoms with E-state index in [1.807, 2.05) is 24.3 Å². The van der Waals surface area contributed by atoms with E-state index in [0.717, 1.165) is 22.2 Å². The fourth-order valence-corrected chi connectivity index (χ4v) is 3.47. The number of benzene rings is 2. The van der Waals surface area contributed by atoms with Gasteiger partial charge in [-0.25, -0.2) is 4.39 Å². The molecule has 3 aromatic rings. The molecular formula is C18H15FN2O2. The van der Waals surface area contributed by atoms with Gasteiger partial charge in [0.25, 0.3) is 0 Å². The van der Waals surface area contributed by atoms with Gasteiger partial charge in [0, 0.05) is 17.3 Å². The maximum absolute atomic E-state index is 14.3. The summed E-state index contributed by atoms with van der Waals surface area (Å²) in [4.78, 5) is 14.8. The predicted octanol–water partition coefficient (Wildman–Crippen LogP) is 0.634. The number of carbonyl (C=O) groups is 1. The minimum absolute atomic E-state index is 0.336. The van der Waals surface area contributed by atoms with Crippen LogP contribution >= 0.6 is 0 Å². The number of carboxylic acids is 1. The third-order valence-corrected chi connectivity index (χ3v) is 4.55. The number of hydrogen-bond acceptors (Lipinski definition) is 2. The summed E-state index contributed by atoms with van der Waals surface area (Å²) in [5.74, 6) is -1.46. The van der Waals surface area contributed by atoms with Gasteiger partial charge in [-0.05, 0) is 23.8 Å². The zero-order valence-corrected chi connectivity index (χ0v) is 12.3. The van der Waals surface area contributed by atoms with E-state index in [4.69, 9.17) is 0 Å². The summed E-state index contributed by atoms with van der Waals surface area (Å²) < 4.78 is 14.3. The summed E-state index contributed by atoms with van der Waals surface area (Å²) >= 11 is 0. The third kappa shape index (κ3) is 2.21. The minimum atomic E-state index is -1.12. The first-order valence-electron chi connectivity index (χ1n) is 7.55. The molecule has 0 bridgehead atoms. The normalized spacial score (nSPS) is 20.4. The Bertz CT molecular complexity index is 903. The van der Waals surface area contributed by atoms with E-state index < -0.39 is 18.1 Å². The topological polar surface area (TPSA) is 72.5 Å². The van der Waals surface area contributed by atoms with Crippen LogP contribution in [0.5, 0.6) is 0 Å². The Morgan fingerprint density at radius 2 is 1.91 bits per heavy atom. The van der Waals surface area contributed by atoms with E-state index in [2.05, 4.69) is 4.98 Å². The molecule has 4 rings (SSSR count). The number of aliphatic carboxylic acids is 1. The summed E-state index contributed by atoms with van der Waals surface area (Å²) in [5.41, 5.74) is 3.22. The second-order valence-electron chi connectivity index (χ2n) is 5.88. The van der Waals surface area contributed by atoms with E-state index in [1.54, 1.807) is 23.5 Å². The van der Waals surface area contributed by atoms with E-state index in [1.165, 1.54) is 6.07 Å². The number of aromatic amines is 1. The van der Waals surface area contributed by atoms with Gasteiger partial charge in [0.1, 0.15) is 11.9 Å². The van der Waals surface area contributed by atoms with Gasteiger partial charge in [0.05, 0.1) is 17.2 Å². The molecule has 3 N–H and O–H groups in total. The van der Waals surface area contributed by atoms with Gasteiger partial charge in [-0.1, -0.05) is 30.3 Å². The second kappa shape index (κ2) is 5.21. The fraction of sp³-hybridized carbons (Fsp3) is 0.167. The van der Waals surface area contributed by atoms with Crippen molar-refractivity contribution in [2.75, 3.05) is 0 Å². The maximum atomic E-state index is 14.3. The Balaban J connectivity index is 1.93. The third-order valence-electron chi connectivity index (χ3n) is 4.55. The van der Waals surface area contributed by atoms with Crippen LogP contribution in [0.15, 0.2) is 48.5 Å². The van der Waals surface area contributed by atoms with E-state index in [9.17, 15) is 14.3 Å². The number of H-pyrrole nitrogens is 1. The van der Waals surface area contributed by atoms with Crippen molar-refractivity contribution in [2.45, 2.75) is 18.5 Å². The molecule has 116 valence electrons.